The first-order valence-electron chi connectivity index (χ1n) is 12.4. The normalized spacial score (nSPS) is 18.4. The number of benzene rings is 1. The van der Waals surface area contributed by atoms with Crippen molar-refractivity contribution in [3.8, 4) is 11.6 Å². The number of halogens is 2. The number of anilines is 2. The molecule has 0 bridgehead atoms. The minimum Gasteiger partial charge on any atom is -0.490 e. The van der Waals surface area contributed by atoms with Crippen LogP contribution in [0.25, 0.3) is 0 Å². The van der Waals surface area contributed by atoms with Crippen molar-refractivity contribution >= 4 is 17.6 Å². The molecule has 1 atom stereocenters. The van der Waals surface area contributed by atoms with Crippen LogP contribution in [0.2, 0.25) is 0 Å². The number of rotatable bonds is 9. The summed E-state index contributed by atoms with van der Waals surface area (Å²) in [7, 11) is 0. The molecule has 1 aromatic carbocycles. The molecule has 0 aliphatic carbocycles. The maximum absolute atomic E-state index is 14.7. The van der Waals surface area contributed by atoms with Gasteiger partial charge >= 0.3 is 6.09 Å². The van der Waals surface area contributed by atoms with E-state index < -0.39 is 11.6 Å². The zero-order chi connectivity index (χ0) is 25.5. The summed E-state index contributed by atoms with van der Waals surface area (Å²) in [5.74, 6) is -0.876. The molecular formula is C25H33F2N5O4. The highest BCUT2D eigenvalue weighted by molar-refractivity contribution is 5.67. The average molecular weight is 506 g/mol. The molecule has 4 rings (SSSR count). The second kappa shape index (κ2) is 12.2. The first-order chi connectivity index (χ1) is 17.4. The van der Waals surface area contributed by atoms with E-state index in [0.717, 1.165) is 37.9 Å². The third kappa shape index (κ3) is 7.16. The second-order valence-electron chi connectivity index (χ2n) is 9.30. The van der Waals surface area contributed by atoms with Gasteiger partial charge in [0.1, 0.15) is 18.2 Å². The number of carbonyl (C=O) groups is 1. The second-order valence-corrected chi connectivity index (χ2v) is 9.30. The summed E-state index contributed by atoms with van der Waals surface area (Å²) in [5, 5.41) is 6.12. The molecule has 1 unspecified atom stereocenters. The lowest BCUT2D eigenvalue weighted by Gasteiger charge is -2.31. The maximum Gasteiger partial charge on any atom is 0.410 e. The van der Waals surface area contributed by atoms with E-state index in [4.69, 9.17) is 14.2 Å². The molecule has 2 aliphatic rings. The number of piperidine rings is 1. The SMILES string of the molecule is CC(C)OC(=O)N1CCC(Oc2cc(Nc3cc(F)c(OCCC4CCCN4)cc3F)ncn2)CC1. The van der Waals surface area contributed by atoms with Gasteiger partial charge in [0, 0.05) is 50.2 Å². The van der Waals surface area contributed by atoms with E-state index in [1.807, 2.05) is 13.8 Å². The molecule has 0 spiro atoms. The van der Waals surface area contributed by atoms with Gasteiger partial charge in [0.2, 0.25) is 5.88 Å². The van der Waals surface area contributed by atoms with Gasteiger partial charge in [-0.3, -0.25) is 0 Å². The van der Waals surface area contributed by atoms with Crippen molar-refractivity contribution in [2.24, 2.45) is 0 Å². The van der Waals surface area contributed by atoms with Crippen LogP contribution in [0.3, 0.4) is 0 Å². The standard InChI is InChI=1S/C25H33F2N5O4/c1-16(2)35-25(33)32-9-5-18(6-10-32)36-24-14-23(29-15-30-24)31-21-12-20(27)22(13-19(21)26)34-11-7-17-4-3-8-28-17/h12-18,28H,3-11H2,1-2H3,(H,29,30,31). The van der Waals surface area contributed by atoms with Crippen LogP contribution in [0.15, 0.2) is 24.5 Å². The van der Waals surface area contributed by atoms with Gasteiger partial charge in [-0.1, -0.05) is 0 Å². The molecule has 2 N–H and O–H groups in total. The van der Waals surface area contributed by atoms with Gasteiger partial charge in [-0.2, -0.15) is 0 Å². The number of ether oxygens (including phenoxy) is 3. The number of aromatic nitrogens is 2. The Kier molecular flexibility index (Phi) is 8.74. The topological polar surface area (TPSA) is 97.8 Å². The highest BCUT2D eigenvalue weighted by atomic mass is 19.1. The van der Waals surface area contributed by atoms with Crippen LogP contribution < -0.4 is 20.1 Å². The number of hydrogen-bond acceptors (Lipinski definition) is 8. The zero-order valence-electron chi connectivity index (χ0n) is 20.6. The van der Waals surface area contributed by atoms with Crippen molar-refractivity contribution in [1.82, 2.24) is 20.2 Å². The Balaban J connectivity index is 1.30. The molecule has 196 valence electrons. The average Bonchev–Trinajstić information content (AvgIpc) is 3.36. The van der Waals surface area contributed by atoms with E-state index in [2.05, 4.69) is 20.6 Å². The Bertz CT molecular complexity index is 1030. The largest absolute Gasteiger partial charge is 0.490 e. The molecule has 2 fully saturated rings. The monoisotopic (exact) mass is 505 g/mol. The number of amides is 1. The van der Waals surface area contributed by atoms with Crippen LogP contribution in [-0.4, -0.2) is 65.5 Å². The summed E-state index contributed by atoms with van der Waals surface area (Å²) in [6.45, 7) is 5.95. The molecule has 36 heavy (non-hydrogen) atoms. The fraction of sp³-hybridized carbons (Fsp3) is 0.560. The van der Waals surface area contributed by atoms with Crippen LogP contribution in [0, 0.1) is 11.6 Å². The van der Waals surface area contributed by atoms with Crippen molar-refractivity contribution < 1.29 is 27.8 Å². The lowest BCUT2D eigenvalue weighted by molar-refractivity contribution is 0.0507. The van der Waals surface area contributed by atoms with Gasteiger partial charge in [0.25, 0.3) is 0 Å². The number of likely N-dealkylation sites (tertiary alicyclic amines) is 1. The lowest BCUT2D eigenvalue weighted by atomic mass is 10.1. The van der Waals surface area contributed by atoms with Crippen molar-refractivity contribution in [3.05, 3.63) is 36.2 Å². The van der Waals surface area contributed by atoms with E-state index in [0.29, 0.717) is 44.5 Å². The van der Waals surface area contributed by atoms with Gasteiger partial charge in [0.15, 0.2) is 17.4 Å². The quantitative estimate of drug-likeness (QED) is 0.517. The molecule has 3 heterocycles. The Morgan fingerprint density at radius 3 is 2.69 bits per heavy atom. The fourth-order valence-electron chi connectivity index (χ4n) is 4.26. The summed E-state index contributed by atoms with van der Waals surface area (Å²) in [4.78, 5) is 21.9. The predicted octanol–water partition coefficient (Wildman–Crippen LogP) is 4.41. The van der Waals surface area contributed by atoms with E-state index in [1.165, 1.54) is 12.4 Å². The third-order valence-electron chi connectivity index (χ3n) is 6.14. The van der Waals surface area contributed by atoms with E-state index >= 15 is 0 Å². The summed E-state index contributed by atoms with van der Waals surface area (Å²) in [5.41, 5.74) is -0.0704. The molecule has 2 aliphatic heterocycles. The molecule has 9 nitrogen and oxygen atoms in total. The summed E-state index contributed by atoms with van der Waals surface area (Å²) < 4.78 is 45.8. The van der Waals surface area contributed by atoms with E-state index in [9.17, 15) is 13.6 Å². The molecule has 0 saturated carbocycles. The Labute approximate surface area is 209 Å². The minimum atomic E-state index is -0.661. The smallest absolute Gasteiger partial charge is 0.410 e. The molecule has 2 aromatic rings. The van der Waals surface area contributed by atoms with Crippen LogP contribution in [0.1, 0.15) is 46.0 Å². The minimum absolute atomic E-state index is 0.0704. The molecule has 0 radical (unpaired) electrons. The van der Waals surface area contributed by atoms with Crippen molar-refractivity contribution in [3.63, 3.8) is 0 Å². The maximum atomic E-state index is 14.7. The van der Waals surface area contributed by atoms with Gasteiger partial charge in [-0.15, -0.1) is 0 Å². The van der Waals surface area contributed by atoms with E-state index in [-0.39, 0.29) is 35.6 Å². The summed E-state index contributed by atoms with van der Waals surface area (Å²) >= 11 is 0. The van der Waals surface area contributed by atoms with Crippen LogP contribution in [0.5, 0.6) is 11.6 Å². The van der Waals surface area contributed by atoms with Gasteiger partial charge in [-0.05, 0) is 39.7 Å². The first-order valence-corrected chi connectivity index (χ1v) is 12.4. The molecule has 1 amide bonds. The molecule has 1 aromatic heterocycles. The van der Waals surface area contributed by atoms with Crippen molar-refractivity contribution in [2.75, 3.05) is 31.6 Å². The Morgan fingerprint density at radius 2 is 1.97 bits per heavy atom. The number of nitrogens with zero attached hydrogens (tertiary/aromatic N) is 3. The molecule has 2 saturated heterocycles. The van der Waals surface area contributed by atoms with Gasteiger partial charge in [-0.25, -0.2) is 23.5 Å². The third-order valence-corrected chi connectivity index (χ3v) is 6.14. The molecular weight excluding hydrogens is 472 g/mol. The van der Waals surface area contributed by atoms with Crippen LogP contribution in [0.4, 0.5) is 25.1 Å². The highest BCUT2D eigenvalue weighted by Gasteiger charge is 2.26. The van der Waals surface area contributed by atoms with Crippen LogP contribution in [-0.2, 0) is 4.74 Å². The lowest BCUT2D eigenvalue weighted by Crippen LogP contribution is -2.42. The number of nitrogens with one attached hydrogen (secondary N) is 2. The summed E-state index contributed by atoms with van der Waals surface area (Å²) in [6, 6.07) is 3.97. The summed E-state index contributed by atoms with van der Waals surface area (Å²) in [6.07, 6.45) is 4.84. The van der Waals surface area contributed by atoms with Crippen molar-refractivity contribution in [1.29, 1.82) is 0 Å². The Morgan fingerprint density at radius 1 is 1.17 bits per heavy atom. The van der Waals surface area contributed by atoms with Crippen molar-refractivity contribution in [2.45, 2.75) is 64.2 Å². The highest BCUT2D eigenvalue weighted by Crippen LogP contribution is 2.28. The zero-order valence-corrected chi connectivity index (χ0v) is 20.6. The number of carbonyl (C=O) groups excluding carboxylic acids is 1. The van der Waals surface area contributed by atoms with Gasteiger partial charge < -0.3 is 29.7 Å². The fourth-order valence-corrected chi connectivity index (χ4v) is 4.26. The van der Waals surface area contributed by atoms with Gasteiger partial charge in [0.05, 0.1) is 18.4 Å². The predicted molar refractivity (Wildman–Crippen MR) is 130 cm³/mol. The number of hydrogen-bond donors (Lipinski definition) is 2. The first kappa shape index (κ1) is 25.9. The molecule has 11 heteroatoms. The van der Waals surface area contributed by atoms with Crippen LogP contribution >= 0.6 is 0 Å². The Hall–Kier alpha value is -3.21. The van der Waals surface area contributed by atoms with E-state index in [1.54, 1.807) is 4.90 Å².